The predicted molar refractivity (Wildman–Crippen MR) is 119 cm³/mol. The Kier molecular flexibility index (Phi) is 4.88. The number of benzene rings is 3. The van der Waals surface area contributed by atoms with Gasteiger partial charge in [-0.05, 0) is 28.7 Å². The summed E-state index contributed by atoms with van der Waals surface area (Å²) in [6, 6.07) is 20.2. The lowest BCUT2D eigenvalue weighted by Crippen LogP contribution is -2.18. The summed E-state index contributed by atoms with van der Waals surface area (Å²) in [5.74, 6) is 2.06. The van der Waals surface area contributed by atoms with E-state index in [0.717, 1.165) is 39.1 Å². The fraction of sp³-hybridized carbons (Fsp3) is 0.174. The van der Waals surface area contributed by atoms with Gasteiger partial charge >= 0.3 is 0 Å². The van der Waals surface area contributed by atoms with Gasteiger partial charge in [0.25, 0.3) is 0 Å². The van der Waals surface area contributed by atoms with Gasteiger partial charge in [-0.15, -0.1) is 10.2 Å². The molecule has 1 aliphatic heterocycles. The van der Waals surface area contributed by atoms with E-state index in [4.69, 9.17) is 9.47 Å². The van der Waals surface area contributed by atoms with Crippen molar-refractivity contribution >= 4 is 28.2 Å². The Labute approximate surface area is 178 Å². The van der Waals surface area contributed by atoms with E-state index in [9.17, 15) is 0 Å². The highest BCUT2D eigenvalue weighted by molar-refractivity contribution is 7.99. The molecule has 1 aromatic heterocycles. The maximum atomic E-state index is 6.45. The molecule has 0 unspecified atom stereocenters. The number of hydrogen-bond acceptors (Lipinski definition) is 7. The maximum Gasteiger partial charge on any atom is 0.247 e. The lowest BCUT2D eigenvalue weighted by molar-refractivity contribution is 0.221. The normalized spacial score (nSPS) is 14.8. The molecule has 2 heterocycles. The maximum absolute atomic E-state index is 6.45. The van der Waals surface area contributed by atoms with Crippen molar-refractivity contribution in [3.05, 3.63) is 66.2 Å². The number of hydrogen-bond donors (Lipinski definition) is 1. The van der Waals surface area contributed by atoms with Crippen molar-refractivity contribution in [1.29, 1.82) is 0 Å². The topological polar surface area (TPSA) is 69.2 Å². The minimum atomic E-state index is -0.510. The highest BCUT2D eigenvalue weighted by Crippen LogP contribution is 2.42. The van der Waals surface area contributed by atoms with Crippen LogP contribution in [0, 0.1) is 0 Å². The van der Waals surface area contributed by atoms with E-state index in [1.54, 1.807) is 7.11 Å². The molecule has 3 aromatic carbocycles. The number of rotatable bonds is 4. The van der Waals surface area contributed by atoms with Crippen molar-refractivity contribution in [2.24, 2.45) is 0 Å². The Morgan fingerprint density at radius 3 is 2.73 bits per heavy atom. The van der Waals surface area contributed by atoms with Crippen LogP contribution in [-0.4, -0.2) is 28.0 Å². The second-order valence-electron chi connectivity index (χ2n) is 6.77. The summed E-state index contributed by atoms with van der Waals surface area (Å²) in [7, 11) is 1.67. The molecule has 0 spiro atoms. The Balaban J connectivity index is 1.72. The Morgan fingerprint density at radius 1 is 1.03 bits per heavy atom. The van der Waals surface area contributed by atoms with Crippen LogP contribution in [0.2, 0.25) is 0 Å². The Hall–Kier alpha value is -3.32. The van der Waals surface area contributed by atoms with Gasteiger partial charge in [-0.3, -0.25) is 0 Å². The van der Waals surface area contributed by atoms with Crippen LogP contribution in [0.15, 0.2) is 65.8 Å². The first kappa shape index (κ1) is 18.7. The molecule has 0 aliphatic carbocycles. The Morgan fingerprint density at radius 2 is 1.87 bits per heavy atom. The fourth-order valence-corrected chi connectivity index (χ4v) is 4.20. The third-order valence-electron chi connectivity index (χ3n) is 5.02. The van der Waals surface area contributed by atoms with Crippen LogP contribution in [0.5, 0.6) is 11.6 Å². The number of thioether (sulfide) groups is 1. The van der Waals surface area contributed by atoms with Crippen LogP contribution >= 0.6 is 11.8 Å². The smallest absolute Gasteiger partial charge is 0.247 e. The molecule has 150 valence electrons. The van der Waals surface area contributed by atoms with Gasteiger partial charge in [0.15, 0.2) is 5.69 Å². The van der Waals surface area contributed by atoms with Crippen molar-refractivity contribution in [3.8, 4) is 22.9 Å². The van der Waals surface area contributed by atoms with E-state index in [1.807, 2.05) is 42.5 Å². The monoisotopic (exact) mass is 416 g/mol. The number of nitrogens with one attached hydrogen (secondary N) is 1. The molecule has 5 rings (SSSR count). The summed E-state index contributed by atoms with van der Waals surface area (Å²) in [6.07, 6.45) is -0.510. The number of fused-ring (bicyclic) bond motifs is 4. The first-order valence-corrected chi connectivity index (χ1v) is 10.7. The molecule has 0 radical (unpaired) electrons. The molecule has 7 heteroatoms. The standard InChI is InChI=1S/C23H20N4O2S/c1-3-30-23-25-22-20(26-27-23)16-10-6-7-11-17(16)24-21(29-22)19-15-9-5-4-8-14(15)12-13-18(19)28-2/h4-13,21,24H,3H2,1-2H3/t21-/m0/s1. The van der Waals surface area contributed by atoms with E-state index in [2.05, 4.69) is 45.6 Å². The largest absolute Gasteiger partial charge is 0.496 e. The third kappa shape index (κ3) is 3.21. The molecule has 0 bridgehead atoms. The van der Waals surface area contributed by atoms with E-state index in [0.29, 0.717) is 16.7 Å². The molecular formula is C23H20N4O2S. The molecule has 0 amide bonds. The van der Waals surface area contributed by atoms with Gasteiger partial charge in [0.05, 0.1) is 12.7 Å². The summed E-state index contributed by atoms with van der Waals surface area (Å²) in [5, 5.41) is 15.0. The second kappa shape index (κ2) is 7.84. The van der Waals surface area contributed by atoms with Crippen LogP contribution in [0.1, 0.15) is 18.7 Å². The molecule has 4 aromatic rings. The molecule has 1 atom stereocenters. The van der Waals surface area contributed by atoms with Gasteiger partial charge in [0, 0.05) is 11.3 Å². The van der Waals surface area contributed by atoms with Gasteiger partial charge in [0.2, 0.25) is 17.3 Å². The summed E-state index contributed by atoms with van der Waals surface area (Å²) < 4.78 is 12.2. The second-order valence-corrected chi connectivity index (χ2v) is 8.00. The van der Waals surface area contributed by atoms with Crippen LogP contribution in [-0.2, 0) is 0 Å². The summed E-state index contributed by atoms with van der Waals surface area (Å²) >= 11 is 1.53. The third-order valence-corrected chi connectivity index (χ3v) is 5.74. The zero-order valence-electron chi connectivity index (χ0n) is 16.6. The average molecular weight is 417 g/mol. The number of nitrogens with zero attached hydrogens (tertiary/aromatic N) is 3. The van der Waals surface area contributed by atoms with Crippen molar-refractivity contribution in [2.45, 2.75) is 18.3 Å². The van der Waals surface area contributed by atoms with E-state index in [-0.39, 0.29) is 0 Å². The van der Waals surface area contributed by atoms with E-state index < -0.39 is 6.23 Å². The molecule has 30 heavy (non-hydrogen) atoms. The SMILES string of the molecule is CCSc1nnc2c(n1)O[C@@H](c1c(OC)ccc3ccccc13)Nc1ccccc1-2. The predicted octanol–water partition coefficient (Wildman–Crippen LogP) is 5.32. The number of anilines is 1. The lowest BCUT2D eigenvalue weighted by Gasteiger charge is -2.23. The molecule has 1 N–H and O–H groups in total. The summed E-state index contributed by atoms with van der Waals surface area (Å²) in [4.78, 5) is 4.66. The number of aromatic nitrogens is 3. The molecule has 0 saturated carbocycles. The molecule has 0 fully saturated rings. The zero-order chi connectivity index (χ0) is 20.5. The van der Waals surface area contributed by atoms with Gasteiger partial charge in [-0.1, -0.05) is 67.2 Å². The average Bonchev–Trinajstić information content (AvgIpc) is 2.94. The van der Waals surface area contributed by atoms with Crippen molar-refractivity contribution in [2.75, 3.05) is 18.2 Å². The van der Waals surface area contributed by atoms with Crippen LogP contribution < -0.4 is 14.8 Å². The van der Waals surface area contributed by atoms with Crippen LogP contribution in [0.25, 0.3) is 22.0 Å². The van der Waals surface area contributed by atoms with E-state index in [1.165, 1.54) is 11.8 Å². The summed E-state index contributed by atoms with van der Waals surface area (Å²) in [5.41, 5.74) is 3.35. The van der Waals surface area contributed by atoms with E-state index >= 15 is 0 Å². The highest BCUT2D eigenvalue weighted by atomic mass is 32.2. The van der Waals surface area contributed by atoms with Crippen molar-refractivity contribution in [3.63, 3.8) is 0 Å². The van der Waals surface area contributed by atoms with Crippen LogP contribution in [0.4, 0.5) is 5.69 Å². The Bertz CT molecular complexity index is 1230. The van der Waals surface area contributed by atoms with Crippen molar-refractivity contribution < 1.29 is 9.47 Å². The highest BCUT2D eigenvalue weighted by Gasteiger charge is 2.29. The minimum absolute atomic E-state index is 0.457. The molecule has 1 aliphatic rings. The lowest BCUT2D eigenvalue weighted by atomic mass is 10.0. The first-order valence-electron chi connectivity index (χ1n) is 9.74. The summed E-state index contributed by atoms with van der Waals surface area (Å²) in [6.45, 7) is 2.06. The molecular weight excluding hydrogens is 396 g/mol. The number of methoxy groups -OCH3 is 1. The minimum Gasteiger partial charge on any atom is -0.496 e. The zero-order valence-corrected chi connectivity index (χ0v) is 17.4. The van der Waals surface area contributed by atoms with Gasteiger partial charge in [-0.2, -0.15) is 4.98 Å². The molecule has 6 nitrogen and oxygen atoms in total. The van der Waals surface area contributed by atoms with Crippen molar-refractivity contribution in [1.82, 2.24) is 15.2 Å². The molecule has 0 saturated heterocycles. The van der Waals surface area contributed by atoms with Gasteiger partial charge in [-0.25, -0.2) is 0 Å². The number of para-hydroxylation sites is 1. The number of ether oxygens (including phenoxy) is 2. The fourth-order valence-electron chi connectivity index (χ4n) is 3.69. The van der Waals surface area contributed by atoms with Crippen LogP contribution in [0.3, 0.4) is 0 Å². The van der Waals surface area contributed by atoms with Gasteiger partial charge in [0.1, 0.15) is 5.75 Å². The first-order chi connectivity index (χ1) is 14.8. The van der Waals surface area contributed by atoms with Gasteiger partial charge < -0.3 is 14.8 Å². The quantitative estimate of drug-likeness (QED) is 0.452.